The van der Waals surface area contributed by atoms with Crippen LogP contribution in [0.15, 0.2) is 0 Å². The van der Waals surface area contributed by atoms with Crippen LogP contribution >= 0.6 is 0 Å². The van der Waals surface area contributed by atoms with Crippen LogP contribution in [0.2, 0.25) is 0 Å². The van der Waals surface area contributed by atoms with E-state index in [-0.39, 0.29) is 24.4 Å². The zero-order valence-corrected chi connectivity index (χ0v) is 12.9. The van der Waals surface area contributed by atoms with Gasteiger partial charge in [0.05, 0.1) is 6.54 Å². The van der Waals surface area contributed by atoms with Crippen LogP contribution in [0.1, 0.15) is 53.9 Å². The van der Waals surface area contributed by atoms with Crippen LogP contribution < -0.4 is 10.6 Å². The molecule has 0 bridgehead atoms. The number of carbonyl (C=O) groups is 2. The van der Waals surface area contributed by atoms with Gasteiger partial charge in [-0.05, 0) is 18.3 Å². The maximum atomic E-state index is 11.9. The van der Waals surface area contributed by atoms with Gasteiger partial charge < -0.3 is 10.6 Å². The molecule has 4 heteroatoms. The van der Waals surface area contributed by atoms with Gasteiger partial charge in [0.25, 0.3) is 0 Å². The van der Waals surface area contributed by atoms with Crippen molar-refractivity contribution in [3.63, 3.8) is 0 Å². The summed E-state index contributed by atoms with van der Waals surface area (Å²) in [5.74, 6) is 0.996. The molecule has 0 aliphatic heterocycles. The molecule has 1 rings (SSSR count). The average molecular weight is 268 g/mol. The van der Waals surface area contributed by atoms with Crippen LogP contribution in [0.4, 0.5) is 0 Å². The fraction of sp³-hybridized carbons (Fsp3) is 0.867. The quantitative estimate of drug-likeness (QED) is 0.823. The van der Waals surface area contributed by atoms with Gasteiger partial charge in [-0.3, -0.25) is 9.59 Å². The lowest BCUT2D eigenvalue weighted by atomic mass is 9.78. The summed E-state index contributed by atoms with van der Waals surface area (Å²) >= 11 is 0. The first-order valence-corrected chi connectivity index (χ1v) is 7.29. The third-order valence-corrected chi connectivity index (χ3v) is 4.14. The van der Waals surface area contributed by atoms with E-state index >= 15 is 0 Å². The number of hydrogen-bond donors (Lipinski definition) is 2. The Labute approximate surface area is 116 Å². The van der Waals surface area contributed by atoms with Crippen LogP contribution in [0.3, 0.4) is 0 Å². The Bertz CT molecular complexity index is 334. The summed E-state index contributed by atoms with van der Waals surface area (Å²) in [6, 6.07) is 0.253. The Morgan fingerprint density at radius 2 is 1.79 bits per heavy atom. The lowest BCUT2D eigenvalue weighted by Gasteiger charge is -2.34. The van der Waals surface area contributed by atoms with Crippen molar-refractivity contribution in [2.24, 2.45) is 17.3 Å². The minimum atomic E-state index is -0.451. The summed E-state index contributed by atoms with van der Waals surface area (Å²) in [5, 5.41) is 5.74. The number of nitrogens with one attached hydrogen (secondary N) is 2. The third-order valence-electron chi connectivity index (χ3n) is 4.14. The Balaban J connectivity index is 2.37. The predicted molar refractivity (Wildman–Crippen MR) is 76.6 cm³/mol. The average Bonchev–Trinajstić information content (AvgIpc) is 2.30. The molecule has 19 heavy (non-hydrogen) atoms. The Hall–Kier alpha value is -1.06. The molecular weight excluding hydrogens is 240 g/mol. The maximum absolute atomic E-state index is 11.9. The van der Waals surface area contributed by atoms with E-state index in [1.807, 2.05) is 20.8 Å². The van der Waals surface area contributed by atoms with Crippen LogP contribution in [-0.4, -0.2) is 24.4 Å². The Morgan fingerprint density at radius 3 is 2.37 bits per heavy atom. The molecule has 0 aromatic rings. The van der Waals surface area contributed by atoms with Gasteiger partial charge in [-0.2, -0.15) is 0 Å². The van der Waals surface area contributed by atoms with Crippen molar-refractivity contribution < 1.29 is 9.59 Å². The van der Waals surface area contributed by atoms with Gasteiger partial charge in [0.2, 0.25) is 11.8 Å². The van der Waals surface area contributed by atoms with E-state index in [4.69, 9.17) is 0 Å². The summed E-state index contributed by atoms with van der Waals surface area (Å²) in [7, 11) is 0. The molecule has 4 nitrogen and oxygen atoms in total. The summed E-state index contributed by atoms with van der Waals surface area (Å²) in [4.78, 5) is 23.6. The van der Waals surface area contributed by atoms with Crippen molar-refractivity contribution in [3.05, 3.63) is 0 Å². The second-order valence-electron chi connectivity index (χ2n) is 6.87. The SMILES string of the molecule is C[C@@H]1[C@H](C)CCC[C@@H]1NC(=O)CNC(=O)C(C)(C)C. The normalized spacial score (nSPS) is 27.7. The third kappa shape index (κ3) is 4.84. The smallest absolute Gasteiger partial charge is 0.239 e. The molecular formula is C15H28N2O2. The first kappa shape index (κ1) is 16.0. The summed E-state index contributed by atoms with van der Waals surface area (Å²) in [5.41, 5.74) is -0.451. The van der Waals surface area contributed by atoms with Gasteiger partial charge in [0.1, 0.15) is 0 Å². The zero-order valence-electron chi connectivity index (χ0n) is 12.9. The molecule has 0 heterocycles. The van der Waals surface area contributed by atoms with Gasteiger partial charge in [0.15, 0.2) is 0 Å². The molecule has 0 aromatic heterocycles. The monoisotopic (exact) mass is 268 g/mol. The van der Waals surface area contributed by atoms with E-state index in [9.17, 15) is 9.59 Å². The number of carbonyl (C=O) groups excluding carboxylic acids is 2. The van der Waals surface area contributed by atoms with Gasteiger partial charge in [-0.15, -0.1) is 0 Å². The van der Waals surface area contributed by atoms with E-state index in [1.165, 1.54) is 12.8 Å². The van der Waals surface area contributed by atoms with E-state index in [0.717, 1.165) is 6.42 Å². The van der Waals surface area contributed by atoms with Crippen LogP contribution in [0, 0.1) is 17.3 Å². The number of rotatable bonds is 3. The van der Waals surface area contributed by atoms with Crippen molar-refractivity contribution in [1.29, 1.82) is 0 Å². The molecule has 1 fully saturated rings. The molecule has 2 amide bonds. The highest BCUT2D eigenvalue weighted by atomic mass is 16.2. The van der Waals surface area contributed by atoms with Gasteiger partial charge in [0, 0.05) is 11.5 Å². The van der Waals surface area contributed by atoms with Gasteiger partial charge in [-0.1, -0.05) is 47.5 Å². The molecule has 2 N–H and O–H groups in total. The number of hydrogen-bond acceptors (Lipinski definition) is 2. The highest BCUT2D eigenvalue weighted by molar-refractivity contribution is 5.87. The summed E-state index contributed by atoms with van der Waals surface area (Å²) in [6.45, 7) is 10.0. The molecule has 0 spiro atoms. The topological polar surface area (TPSA) is 58.2 Å². The van der Waals surface area contributed by atoms with Crippen molar-refractivity contribution in [2.75, 3.05) is 6.54 Å². The fourth-order valence-corrected chi connectivity index (χ4v) is 2.47. The van der Waals surface area contributed by atoms with E-state index in [2.05, 4.69) is 24.5 Å². The second kappa shape index (κ2) is 6.40. The van der Waals surface area contributed by atoms with Crippen molar-refractivity contribution >= 4 is 11.8 Å². The number of amides is 2. The van der Waals surface area contributed by atoms with Crippen molar-refractivity contribution in [1.82, 2.24) is 10.6 Å². The molecule has 0 aromatic carbocycles. The predicted octanol–water partition coefficient (Wildman–Crippen LogP) is 2.09. The molecule has 0 unspecified atom stereocenters. The first-order chi connectivity index (χ1) is 8.71. The molecule has 0 radical (unpaired) electrons. The molecule has 1 saturated carbocycles. The molecule has 1 aliphatic carbocycles. The van der Waals surface area contributed by atoms with Gasteiger partial charge in [-0.25, -0.2) is 0 Å². The van der Waals surface area contributed by atoms with E-state index in [0.29, 0.717) is 11.8 Å². The minimum Gasteiger partial charge on any atom is -0.352 e. The highest BCUT2D eigenvalue weighted by Crippen LogP contribution is 2.29. The van der Waals surface area contributed by atoms with Crippen LogP contribution in [0.5, 0.6) is 0 Å². The largest absolute Gasteiger partial charge is 0.352 e. The molecule has 1 aliphatic rings. The second-order valence-corrected chi connectivity index (χ2v) is 6.87. The highest BCUT2D eigenvalue weighted by Gasteiger charge is 2.28. The zero-order chi connectivity index (χ0) is 14.6. The Kier molecular flexibility index (Phi) is 5.39. The lowest BCUT2D eigenvalue weighted by molar-refractivity contribution is -0.131. The van der Waals surface area contributed by atoms with Crippen molar-refractivity contribution in [2.45, 2.75) is 59.9 Å². The van der Waals surface area contributed by atoms with Gasteiger partial charge >= 0.3 is 0 Å². The maximum Gasteiger partial charge on any atom is 0.239 e. The standard InChI is InChI=1S/C15H28N2O2/c1-10-7-6-8-12(11(10)2)17-13(18)9-16-14(19)15(3,4)5/h10-12H,6-9H2,1-5H3,(H,16,19)(H,17,18)/t10-,11-,12+/m1/s1. The minimum absolute atomic E-state index is 0.0771. The first-order valence-electron chi connectivity index (χ1n) is 7.29. The lowest BCUT2D eigenvalue weighted by Crippen LogP contribution is -2.48. The van der Waals surface area contributed by atoms with Crippen LogP contribution in [-0.2, 0) is 9.59 Å². The van der Waals surface area contributed by atoms with E-state index < -0.39 is 5.41 Å². The summed E-state index contributed by atoms with van der Waals surface area (Å²) in [6.07, 6.45) is 3.46. The fourth-order valence-electron chi connectivity index (χ4n) is 2.47. The Morgan fingerprint density at radius 1 is 1.16 bits per heavy atom. The van der Waals surface area contributed by atoms with E-state index in [1.54, 1.807) is 0 Å². The summed E-state index contributed by atoms with van der Waals surface area (Å²) < 4.78 is 0. The van der Waals surface area contributed by atoms with Crippen molar-refractivity contribution in [3.8, 4) is 0 Å². The molecule has 3 atom stereocenters. The van der Waals surface area contributed by atoms with Crippen LogP contribution in [0.25, 0.3) is 0 Å². The molecule has 0 saturated heterocycles. The molecule has 110 valence electrons.